The number of halogens is 4. The van der Waals surface area contributed by atoms with Gasteiger partial charge in [-0.25, -0.2) is 9.18 Å². The highest BCUT2D eigenvalue weighted by atomic mass is 19.4. The van der Waals surface area contributed by atoms with E-state index in [-0.39, 0.29) is 17.8 Å². The number of hydrogen-bond acceptors (Lipinski definition) is 3. The number of likely N-dealkylation sites (tertiary alicyclic amines) is 1. The molecule has 24 heavy (non-hydrogen) atoms. The quantitative estimate of drug-likeness (QED) is 0.816. The van der Waals surface area contributed by atoms with Crippen LogP contribution in [0, 0.1) is 5.82 Å². The van der Waals surface area contributed by atoms with Crippen molar-refractivity contribution in [2.24, 2.45) is 5.73 Å². The van der Waals surface area contributed by atoms with Crippen LogP contribution < -0.4 is 5.73 Å². The maximum absolute atomic E-state index is 12.7. The average Bonchev–Trinajstić information content (AvgIpc) is 2.93. The molecule has 0 bridgehead atoms. The Bertz CT molecular complexity index is 561. The van der Waals surface area contributed by atoms with Crippen LogP contribution in [0.4, 0.5) is 17.6 Å². The van der Waals surface area contributed by atoms with Crippen molar-refractivity contribution in [3.05, 3.63) is 35.6 Å². The minimum Gasteiger partial charge on any atom is -0.475 e. The first-order valence-electron chi connectivity index (χ1n) is 7.17. The molecule has 0 unspecified atom stereocenters. The second-order valence-corrected chi connectivity index (χ2v) is 5.32. The summed E-state index contributed by atoms with van der Waals surface area (Å²) in [5.41, 5.74) is 6.74. The van der Waals surface area contributed by atoms with Gasteiger partial charge in [-0.2, -0.15) is 13.2 Å². The lowest BCUT2D eigenvalue weighted by Gasteiger charge is -2.15. The summed E-state index contributed by atoms with van der Waals surface area (Å²) in [5, 5.41) is 7.12. The van der Waals surface area contributed by atoms with E-state index in [1.165, 1.54) is 12.1 Å². The number of carbonyl (C=O) groups excluding carboxylic acids is 1. The van der Waals surface area contributed by atoms with Crippen LogP contribution in [-0.2, 0) is 16.0 Å². The summed E-state index contributed by atoms with van der Waals surface area (Å²) in [6.07, 6.45) is -3.06. The zero-order chi connectivity index (χ0) is 18.3. The van der Waals surface area contributed by atoms with Crippen molar-refractivity contribution in [1.29, 1.82) is 0 Å². The highest BCUT2D eigenvalue weighted by Crippen LogP contribution is 2.13. The molecular formula is C15H18F4N2O3. The Morgan fingerprint density at radius 3 is 2.21 bits per heavy atom. The number of hydrogen-bond donors (Lipinski definition) is 2. The van der Waals surface area contributed by atoms with Gasteiger partial charge in [-0.1, -0.05) is 12.1 Å². The molecule has 0 saturated carbocycles. The predicted octanol–water partition coefficient (Wildman–Crippen LogP) is 1.95. The van der Waals surface area contributed by atoms with Gasteiger partial charge < -0.3 is 15.7 Å². The van der Waals surface area contributed by atoms with Gasteiger partial charge in [0.05, 0.1) is 0 Å². The molecule has 2 rings (SSSR count). The maximum Gasteiger partial charge on any atom is 0.490 e. The number of aliphatic carboxylic acids is 1. The third-order valence-corrected chi connectivity index (χ3v) is 3.36. The summed E-state index contributed by atoms with van der Waals surface area (Å²) in [6, 6.07) is 6.41. The summed E-state index contributed by atoms with van der Waals surface area (Å²) in [7, 11) is 0. The van der Waals surface area contributed by atoms with Gasteiger partial charge in [-0.3, -0.25) is 4.79 Å². The van der Waals surface area contributed by atoms with E-state index in [1.54, 1.807) is 12.1 Å². The van der Waals surface area contributed by atoms with Gasteiger partial charge in [0, 0.05) is 25.6 Å². The molecule has 1 aromatic carbocycles. The van der Waals surface area contributed by atoms with E-state index in [0.29, 0.717) is 19.4 Å². The zero-order valence-electron chi connectivity index (χ0n) is 12.7. The van der Waals surface area contributed by atoms with Crippen LogP contribution in [0.3, 0.4) is 0 Å². The highest BCUT2D eigenvalue weighted by Gasteiger charge is 2.38. The lowest BCUT2D eigenvalue weighted by Crippen LogP contribution is -2.31. The summed E-state index contributed by atoms with van der Waals surface area (Å²) in [4.78, 5) is 22.5. The van der Waals surface area contributed by atoms with Crippen LogP contribution in [0.1, 0.15) is 18.4 Å². The first kappa shape index (κ1) is 19.9. The summed E-state index contributed by atoms with van der Waals surface area (Å²) in [6.45, 7) is 1.44. The number of nitrogens with zero attached hydrogens (tertiary/aromatic N) is 1. The van der Waals surface area contributed by atoms with Crippen LogP contribution in [0.25, 0.3) is 0 Å². The molecule has 1 fully saturated rings. The Morgan fingerprint density at radius 2 is 1.79 bits per heavy atom. The molecule has 0 aliphatic carbocycles. The fraction of sp³-hybridized carbons (Fsp3) is 0.467. The maximum atomic E-state index is 12.7. The highest BCUT2D eigenvalue weighted by molar-refractivity contribution is 5.76. The Morgan fingerprint density at radius 1 is 1.25 bits per heavy atom. The second-order valence-electron chi connectivity index (χ2n) is 5.32. The minimum absolute atomic E-state index is 0.129. The fourth-order valence-corrected chi connectivity index (χ4v) is 2.07. The predicted molar refractivity (Wildman–Crippen MR) is 77.6 cm³/mol. The summed E-state index contributed by atoms with van der Waals surface area (Å²) < 4.78 is 44.4. The first-order chi connectivity index (χ1) is 11.1. The van der Waals surface area contributed by atoms with Crippen molar-refractivity contribution in [2.45, 2.75) is 31.5 Å². The number of rotatable bonds is 3. The average molecular weight is 350 g/mol. The number of benzene rings is 1. The molecule has 0 radical (unpaired) electrons. The van der Waals surface area contributed by atoms with Crippen molar-refractivity contribution in [2.75, 3.05) is 13.1 Å². The van der Waals surface area contributed by atoms with E-state index in [4.69, 9.17) is 15.6 Å². The molecular weight excluding hydrogens is 332 g/mol. The SMILES string of the molecule is N[C@@H]1CCN(C(=O)CCc2ccc(F)cc2)C1.O=C(O)C(F)(F)F. The van der Waals surface area contributed by atoms with Crippen LogP contribution in [0.5, 0.6) is 0 Å². The van der Waals surface area contributed by atoms with Gasteiger partial charge in [0.15, 0.2) is 0 Å². The molecule has 0 spiro atoms. The number of carboxylic acids is 1. The number of carboxylic acid groups (broad SMARTS) is 1. The van der Waals surface area contributed by atoms with Gasteiger partial charge >= 0.3 is 12.1 Å². The number of carbonyl (C=O) groups is 2. The van der Waals surface area contributed by atoms with Crippen molar-refractivity contribution >= 4 is 11.9 Å². The van der Waals surface area contributed by atoms with Gasteiger partial charge in [0.1, 0.15) is 5.82 Å². The largest absolute Gasteiger partial charge is 0.490 e. The van der Waals surface area contributed by atoms with E-state index in [0.717, 1.165) is 18.5 Å². The molecule has 1 aliphatic rings. The molecule has 9 heteroatoms. The standard InChI is InChI=1S/C13H17FN2O.C2HF3O2/c14-11-4-1-10(2-5-11)3-6-13(17)16-8-7-12(15)9-16;3-2(4,5)1(6)7/h1-2,4-5,12H,3,6-9,15H2;(H,6,7)/t12-;/m1./s1. The van der Waals surface area contributed by atoms with Gasteiger partial charge in [0.2, 0.25) is 5.91 Å². The van der Waals surface area contributed by atoms with Gasteiger partial charge in [0.25, 0.3) is 0 Å². The fourth-order valence-electron chi connectivity index (χ4n) is 2.07. The van der Waals surface area contributed by atoms with Crippen LogP contribution in [0.15, 0.2) is 24.3 Å². The molecule has 134 valence electrons. The normalized spacial score (nSPS) is 17.2. The van der Waals surface area contributed by atoms with E-state index in [9.17, 15) is 22.4 Å². The second kappa shape index (κ2) is 8.62. The third-order valence-electron chi connectivity index (χ3n) is 3.36. The summed E-state index contributed by atoms with van der Waals surface area (Å²) >= 11 is 0. The molecule has 3 N–H and O–H groups in total. The summed E-state index contributed by atoms with van der Waals surface area (Å²) in [5.74, 6) is -2.86. The molecule has 1 aromatic rings. The van der Waals surface area contributed by atoms with E-state index in [1.807, 2.05) is 4.90 Å². The van der Waals surface area contributed by atoms with Crippen molar-refractivity contribution in [1.82, 2.24) is 4.90 Å². The third kappa shape index (κ3) is 6.95. The van der Waals surface area contributed by atoms with Crippen LogP contribution >= 0.6 is 0 Å². The molecule has 5 nitrogen and oxygen atoms in total. The van der Waals surface area contributed by atoms with Gasteiger partial charge in [-0.15, -0.1) is 0 Å². The lowest BCUT2D eigenvalue weighted by molar-refractivity contribution is -0.192. The van der Waals surface area contributed by atoms with Crippen LogP contribution in [0.2, 0.25) is 0 Å². The van der Waals surface area contributed by atoms with E-state index < -0.39 is 12.1 Å². The number of aryl methyl sites for hydroxylation is 1. The van der Waals surface area contributed by atoms with Crippen molar-refractivity contribution < 1.29 is 32.3 Å². The van der Waals surface area contributed by atoms with Crippen LogP contribution in [-0.4, -0.2) is 47.2 Å². The van der Waals surface area contributed by atoms with Crippen molar-refractivity contribution in [3.8, 4) is 0 Å². The lowest BCUT2D eigenvalue weighted by atomic mass is 10.1. The van der Waals surface area contributed by atoms with Crippen molar-refractivity contribution in [3.63, 3.8) is 0 Å². The molecule has 1 amide bonds. The minimum atomic E-state index is -5.08. The molecule has 0 aromatic heterocycles. The molecule has 1 heterocycles. The topological polar surface area (TPSA) is 83.6 Å². The zero-order valence-corrected chi connectivity index (χ0v) is 12.7. The Labute approximate surface area is 136 Å². The number of amides is 1. The first-order valence-corrected chi connectivity index (χ1v) is 7.17. The van der Waals surface area contributed by atoms with E-state index >= 15 is 0 Å². The van der Waals surface area contributed by atoms with Gasteiger partial charge in [-0.05, 0) is 30.5 Å². The smallest absolute Gasteiger partial charge is 0.475 e. The number of nitrogens with two attached hydrogens (primary N) is 1. The Hall–Kier alpha value is -2.16. The molecule has 1 atom stereocenters. The number of alkyl halides is 3. The van der Waals surface area contributed by atoms with E-state index in [2.05, 4.69) is 0 Å². The Balaban J connectivity index is 0.000000351. The Kier molecular flexibility index (Phi) is 7.15. The molecule has 1 aliphatic heterocycles. The molecule has 1 saturated heterocycles. The monoisotopic (exact) mass is 350 g/mol.